The van der Waals surface area contributed by atoms with Gasteiger partial charge in [0.15, 0.2) is 0 Å². The summed E-state index contributed by atoms with van der Waals surface area (Å²) in [7, 11) is 0. The van der Waals surface area contributed by atoms with Gasteiger partial charge < -0.3 is 4.74 Å². The molecule has 1 aromatic carbocycles. The molecule has 0 saturated heterocycles. The highest BCUT2D eigenvalue weighted by Gasteiger charge is 2.41. The van der Waals surface area contributed by atoms with Gasteiger partial charge in [0.2, 0.25) is 0 Å². The fourth-order valence-electron chi connectivity index (χ4n) is 1.03. The van der Waals surface area contributed by atoms with Gasteiger partial charge in [-0.25, -0.2) is 0 Å². The van der Waals surface area contributed by atoms with E-state index in [1.54, 1.807) is 12.1 Å². The van der Waals surface area contributed by atoms with E-state index in [1.807, 2.05) is 94.4 Å². The van der Waals surface area contributed by atoms with Crippen molar-refractivity contribution in [2.45, 2.75) is 76.2 Å². The fourth-order valence-corrected chi connectivity index (χ4v) is 1.03. The van der Waals surface area contributed by atoms with E-state index in [9.17, 15) is 4.79 Å². The van der Waals surface area contributed by atoms with Gasteiger partial charge in [0.1, 0.15) is 5.75 Å². The zero-order valence-corrected chi connectivity index (χ0v) is 16.7. The molecule has 1 aromatic rings. The molecule has 0 aliphatic carbocycles. The lowest BCUT2D eigenvalue weighted by Crippen LogP contribution is -2.40. The first-order chi connectivity index (χ1) is 10.2. The number of para-hydroxylation sites is 1. The smallest absolute Gasteiger partial charge is 0.317 e. The van der Waals surface area contributed by atoms with Crippen LogP contribution in [0.1, 0.15) is 76.2 Å². The summed E-state index contributed by atoms with van der Waals surface area (Å²) in [6.07, 6.45) is 0. The number of hydrogen-bond donors (Lipinski definition) is 0. The minimum Gasteiger partial charge on any atom is -0.426 e. The number of rotatable bonds is 2. The summed E-state index contributed by atoms with van der Waals surface area (Å²) in [6, 6.07) is 9.18. The summed E-state index contributed by atoms with van der Waals surface area (Å²) < 4.78 is 5.37. The topological polar surface area (TPSA) is 26.3 Å². The predicted octanol–water partition coefficient (Wildman–Crippen LogP) is 6.74. The lowest BCUT2D eigenvalue weighted by molar-refractivity contribution is -0.150. The van der Waals surface area contributed by atoms with Gasteiger partial charge in [-0.05, 0) is 31.4 Å². The Kier molecular flexibility index (Phi) is 15.6. The molecule has 0 atom stereocenters. The summed E-state index contributed by atoms with van der Waals surface area (Å²) in [5, 5.41) is 0. The Morgan fingerprint density at radius 1 is 0.773 bits per heavy atom. The fraction of sp³-hybridized carbons (Fsp3) is 0.650. The first-order valence-electron chi connectivity index (χ1n) is 8.52. The van der Waals surface area contributed by atoms with Crippen LogP contribution in [0.2, 0.25) is 0 Å². The molecule has 0 aromatic heterocycles. The van der Waals surface area contributed by atoms with Crippen molar-refractivity contribution in [2.75, 3.05) is 0 Å². The molecule has 0 aliphatic rings. The lowest BCUT2D eigenvalue weighted by Gasteiger charge is -2.36. The number of hydrogen-bond acceptors (Lipinski definition) is 2. The molecule has 22 heavy (non-hydrogen) atoms. The highest BCUT2D eigenvalue weighted by molar-refractivity contribution is 5.79. The van der Waals surface area contributed by atoms with Crippen LogP contribution in [0.4, 0.5) is 0 Å². The average Bonchev–Trinajstić information content (AvgIpc) is 2.53. The second kappa shape index (κ2) is 13.4. The van der Waals surface area contributed by atoms with Crippen LogP contribution in [-0.4, -0.2) is 5.97 Å². The Bertz CT molecular complexity index is 359. The van der Waals surface area contributed by atoms with Crippen LogP contribution in [-0.2, 0) is 4.79 Å². The third-order valence-electron chi connectivity index (χ3n) is 3.34. The monoisotopic (exact) mass is 310 g/mol. The van der Waals surface area contributed by atoms with Gasteiger partial charge in [0.25, 0.3) is 0 Å². The zero-order valence-electron chi connectivity index (χ0n) is 16.7. The predicted molar refractivity (Wildman–Crippen MR) is 99.4 cm³/mol. The average molecular weight is 311 g/mol. The van der Waals surface area contributed by atoms with Crippen molar-refractivity contribution in [3.05, 3.63) is 30.3 Å². The Morgan fingerprint density at radius 2 is 1.14 bits per heavy atom. The molecule has 0 aliphatic heterocycles. The number of carbonyl (C=O) groups excluding carboxylic acids is 1. The number of carbonyl (C=O) groups is 1. The van der Waals surface area contributed by atoms with E-state index in [0.29, 0.717) is 5.75 Å². The van der Waals surface area contributed by atoms with Gasteiger partial charge in [-0.2, -0.15) is 0 Å². The molecule has 0 unspecified atom stereocenters. The molecule has 0 N–H and O–H groups in total. The normalized spacial score (nSPS) is 9.77. The highest BCUT2D eigenvalue weighted by Crippen LogP contribution is 2.39. The second-order valence-electron chi connectivity index (χ2n) is 5.58. The minimum atomic E-state index is -0.511. The molecule has 0 heterocycles. The van der Waals surface area contributed by atoms with Crippen molar-refractivity contribution >= 4 is 5.97 Å². The largest absolute Gasteiger partial charge is 0.426 e. The Balaban J connectivity index is -0.000000535. The van der Waals surface area contributed by atoms with Crippen LogP contribution in [0.15, 0.2) is 30.3 Å². The molecular formula is C20H38O2. The Hall–Kier alpha value is -1.31. The zero-order chi connectivity index (χ0) is 18.4. The molecule has 0 spiro atoms. The maximum absolute atomic E-state index is 12.1. The van der Waals surface area contributed by atoms with Crippen LogP contribution in [0.25, 0.3) is 0 Å². The summed E-state index contributed by atoms with van der Waals surface area (Å²) in [6.45, 7) is 22.0. The maximum atomic E-state index is 12.1. The summed E-state index contributed by atoms with van der Waals surface area (Å²) in [5.74, 6) is 0.413. The van der Waals surface area contributed by atoms with Gasteiger partial charge in [-0.1, -0.05) is 80.5 Å². The minimum absolute atomic E-state index is 0.126. The third kappa shape index (κ3) is 8.86. The van der Waals surface area contributed by atoms with E-state index in [0.717, 1.165) is 0 Å². The van der Waals surface area contributed by atoms with Crippen molar-refractivity contribution in [3.63, 3.8) is 0 Å². The number of benzene rings is 1. The first kappa shape index (κ1) is 25.6. The maximum Gasteiger partial charge on any atom is 0.317 e. The summed E-state index contributed by atoms with van der Waals surface area (Å²) in [5.41, 5.74) is -0.637. The van der Waals surface area contributed by atoms with Crippen molar-refractivity contribution in [1.29, 1.82) is 0 Å². The van der Waals surface area contributed by atoms with E-state index in [2.05, 4.69) is 0 Å². The van der Waals surface area contributed by atoms with Crippen LogP contribution in [0.3, 0.4) is 0 Å². The third-order valence-corrected chi connectivity index (χ3v) is 3.34. The van der Waals surface area contributed by atoms with Crippen LogP contribution in [0, 0.1) is 10.8 Å². The summed E-state index contributed by atoms with van der Waals surface area (Å²) >= 11 is 0. The molecule has 0 bridgehead atoms. The molecule has 0 fully saturated rings. The van der Waals surface area contributed by atoms with E-state index in [-0.39, 0.29) is 11.4 Å². The molecule has 0 saturated carbocycles. The van der Waals surface area contributed by atoms with Gasteiger partial charge in [0.05, 0.1) is 5.41 Å². The first-order valence-corrected chi connectivity index (χ1v) is 8.52. The molecule has 1 rings (SSSR count). The number of esters is 1. The SMILES string of the molecule is CC.CC.CC.CC(C)(C)C(C)(C)C(=O)Oc1ccccc1. The molecular weight excluding hydrogens is 272 g/mol. The lowest BCUT2D eigenvalue weighted by atomic mass is 9.69. The molecule has 2 nitrogen and oxygen atoms in total. The van der Waals surface area contributed by atoms with Crippen molar-refractivity contribution in [1.82, 2.24) is 0 Å². The van der Waals surface area contributed by atoms with Crippen molar-refractivity contribution in [3.8, 4) is 5.75 Å². The Labute approximate surface area is 139 Å². The standard InChI is InChI=1S/C14H20O2.3C2H6/c1-13(2,3)14(4,5)12(15)16-11-9-7-6-8-10-11;3*1-2/h6-10H,1-5H3;3*1-2H3. The van der Waals surface area contributed by atoms with Gasteiger partial charge >= 0.3 is 5.97 Å². The Morgan fingerprint density at radius 3 is 1.45 bits per heavy atom. The molecule has 2 heteroatoms. The van der Waals surface area contributed by atoms with Crippen molar-refractivity contribution < 1.29 is 9.53 Å². The second-order valence-corrected chi connectivity index (χ2v) is 5.58. The van der Waals surface area contributed by atoms with Crippen LogP contribution >= 0.6 is 0 Å². The van der Waals surface area contributed by atoms with E-state index >= 15 is 0 Å². The van der Waals surface area contributed by atoms with E-state index < -0.39 is 5.41 Å². The highest BCUT2D eigenvalue weighted by atomic mass is 16.5. The van der Waals surface area contributed by atoms with Crippen LogP contribution in [0.5, 0.6) is 5.75 Å². The van der Waals surface area contributed by atoms with Gasteiger partial charge in [-0.15, -0.1) is 0 Å². The number of ether oxygens (including phenoxy) is 1. The quantitative estimate of drug-likeness (QED) is 0.446. The van der Waals surface area contributed by atoms with Gasteiger partial charge in [0, 0.05) is 0 Å². The molecule has 0 radical (unpaired) electrons. The molecule has 130 valence electrons. The van der Waals surface area contributed by atoms with Crippen molar-refractivity contribution in [2.24, 2.45) is 10.8 Å². The van der Waals surface area contributed by atoms with E-state index in [1.165, 1.54) is 0 Å². The summed E-state index contributed by atoms with van der Waals surface area (Å²) in [4.78, 5) is 12.1. The van der Waals surface area contributed by atoms with E-state index in [4.69, 9.17) is 4.74 Å². The van der Waals surface area contributed by atoms with Crippen LogP contribution < -0.4 is 4.74 Å². The molecule has 0 amide bonds. The van der Waals surface area contributed by atoms with Gasteiger partial charge in [-0.3, -0.25) is 4.79 Å².